The second kappa shape index (κ2) is 4.93. The first-order chi connectivity index (χ1) is 5.13. The average molecular weight is 157 g/mol. The highest BCUT2D eigenvalue weighted by atomic mass is 16.3. The summed E-state index contributed by atoms with van der Waals surface area (Å²) in [4.78, 5) is 0. The van der Waals surface area contributed by atoms with E-state index in [1.54, 1.807) is 13.0 Å². The fourth-order valence-electron chi connectivity index (χ4n) is 0.640. The number of aliphatic hydroxyl groups is 2. The number of hydrogen-bond acceptors (Lipinski definition) is 3. The summed E-state index contributed by atoms with van der Waals surface area (Å²) in [5.74, 6) is -0.238. The summed E-state index contributed by atoms with van der Waals surface area (Å²) >= 11 is 0. The number of aliphatic hydroxyl groups excluding tert-OH is 2. The first-order valence-corrected chi connectivity index (χ1v) is 3.53. The molecule has 0 aliphatic rings. The van der Waals surface area contributed by atoms with Crippen LogP contribution in [0.2, 0.25) is 0 Å². The van der Waals surface area contributed by atoms with Gasteiger partial charge in [0.2, 0.25) is 0 Å². The first-order valence-electron chi connectivity index (χ1n) is 3.53. The Kier molecular flexibility index (Phi) is 4.57. The normalized spacial score (nSPS) is 17.5. The van der Waals surface area contributed by atoms with Gasteiger partial charge in [-0.25, -0.2) is 0 Å². The van der Waals surface area contributed by atoms with Gasteiger partial charge < -0.3 is 15.9 Å². The Balaban J connectivity index is 4.11. The van der Waals surface area contributed by atoms with Crippen LogP contribution in [0.5, 0.6) is 0 Å². The predicted octanol–water partition coefficient (Wildman–Crippen LogP) is 0.570. The standard InChI is InChI=1S/C8H15NO2/c1-3-6(2)8(11)7(10)4-5-9/h3-4,6,8,10-11H,1,5,9H2,2H3/b7-4+. The van der Waals surface area contributed by atoms with Gasteiger partial charge in [-0.2, -0.15) is 0 Å². The van der Waals surface area contributed by atoms with Gasteiger partial charge in [0, 0.05) is 12.5 Å². The third-order valence-electron chi connectivity index (χ3n) is 1.50. The zero-order valence-electron chi connectivity index (χ0n) is 6.70. The molecule has 2 atom stereocenters. The maximum atomic E-state index is 9.27. The van der Waals surface area contributed by atoms with Crippen LogP contribution in [0.4, 0.5) is 0 Å². The van der Waals surface area contributed by atoms with Gasteiger partial charge in [0.1, 0.15) is 11.9 Å². The molecule has 0 aromatic rings. The van der Waals surface area contributed by atoms with Gasteiger partial charge in [-0.3, -0.25) is 0 Å². The molecule has 3 heteroatoms. The molecule has 2 unspecified atom stereocenters. The molecule has 0 heterocycles. The maximum Gasteiger partial charge on any atom is 0.119 e. The minimum atomic E-state index is -0.879. The van der Waals surface area contributed by atoms with Gasteiger partial charge in [-0.15, -0.1) is 6.58 Å². The molecule has 0 aliphatic heterocycles. The van der Waals surface area contributed by atoms with Gasteiger partial charge in [-0.05, 0) is 6.08 Å². The van der Waals surface area contributed by atoms with Gasteiger partial charge in [0.15, 0.2) is 0 Å². The van der Waals surface area contributed by atoms with Gasteiger partial charge in [-0.1, -0.05) is 13.0 Å². The number of rotatable bonds is 4. The van der Waals surface area contributed by atoms with Crippen molar-refractivity contribution in [1.82, 2.24) is 0 Å². The topological polar surface area (TPSA) is 66.5 Å². The average Bonchev–Trinajstić information content (AvgIpc) is 2.02. The molecule has 0 saturated heterocycles. The van der Waals surface area contributed by atoms with Crippen LogP contribution in [0.3, 0.4) is 0 Å². The summed E-state index contributed by atoms with van der Waals surface area (Å²) in [6, 6.07) is 0. The summed E-state index contributed by atoms with van der Waals surface area (Å²) < 4.78 is 0. The van der Waals surface area contributed by atoms with E-state index in [0.29, 0.717) is 0 Å². The molecule has 64 valence electrons. The molecule has 0 fully saturated rings. The quantitative estimate of drug-likeness (QED) is 0.413. The van der Waals surface area contributed by atoms with Gasteiger partial charge >= 0.3 is 0 Å². The Hall–Kier alpha value is -0.800. The van der Waals surface area contributed by atoms with Crippen LogP contribution in [0, 0.1) is 5.92 Å². The Bertz CT molecular complexity index is 154. The van der Waals surface area contributed by atoms with Crippen LogP contribution in [-0.2, 0) is 0 Å². The zero-order valence-corrected chi connectivity index (χ0v) is 6.70. The van der Waals surface area contributed by atoms with Crippen molar-refractivity contribution in [2.45, 2.75) is 13.0 Å². The number of nitrogens with two attached hydrogens (primary N) is 1. The molecule has 0 rings (SSSR count). The van der Waals surface area contributed by atoms with E-state index in [-0.39, 0.29) is 18.2 Å². The Labute approximate surface area is 66.8 Å². The first kappa shape index (κ1) is 10.2. The van der Waals surface area contributed by atoms with Crippen molar-refractivity contribution in [1.29, 1.82) is 0 Å². The second-order valence-electron chi connectivity index (χ2n) is 2.40. The predicted molar refractivity (Wildman–Crippen MR) is 45.1 cm³/mol. The molecule has 0 aliphatic carbocycles. The van der Waals surface area contributed by atoms with E-state index in [1.165, 1.54) is 6.08 Å². The molecule has 11 heavy (non-hydrogen) atoms. The molecule has 0 spiro atoms. The van der Waals surface area contributed by atoms with E-state index >= 15 is 0 Å². The molecule has 3 nitrogen and oxygen atoms in total. The molecule has 0 saturated carbocycles. The summed E-state index contributed by atoms with van der Waals surface area (Å²) in [5.41, 5.74) is 5.14. The fourth-order valence-corrected chi connectivity index (χ4v) is 0.640. The molecule has 4 N–H and O–H groups in total. The van der Waals surface area contributed by atoms with Crippen molar-refractivity contribution < 1.29 is 10.2 Å². The van der Waals surface area contributed by atoms with Crippen molar-refractivity contribution >= 4 is 0 Å². The van der Waals surface area contributed by atoms with Crippen LogP contribution < -0.4 is 5.73 Å². The van der Waals surface area contributed by atoms with Crippen molar-refractivity contribution in [2.75, 3.05) is 6.54 Å². The zero-order chi connectivity index (χ0) is 8.85. The van der Waals surface area contributed by atoms with E-state index in [4.69, 9.17) is 10.8 Å². The summed E-state index contributed by atoms with van der Waals surface area (Å²) in [6.45, 7) is 5.49. The van der Waals surface area contributed by atoms with Crippen molar-refractivity contribution in [2.24, 2.45) is 11.7 Å². The second-order valence-corrected chi connectivity index (χ2v) is 2.40. The monoisotopic (exact) mass is 157 g/mol. The SMILES string of the molecule is C=CC(C)C(O)/C(O)=C\CN. The molecule has 0 aromatic heterocycles. The summed E-state index contributed by atoms with van der Waals surface area (Å²) in [7, 11) is 0. The Morgan fingerprint density at radius 1 is 1.73 bits per heavy atom. The van der Waals surface area contributed by atoms with Crippen molar-refractivity contribution in [3.8, 4) is 0 Å². The van der Waals surface area contributed by atoms with Crippen LogP contribution in [0.1, 0.15) is 6.92 Å². The lowest BCUT2D eigenvalue weighted by Crippen LogP contribution is -2.19. The lowest BCUT2D eigenvalue weighted by atomic mass is 10.0. The molecular formula is C8H15NO2. The van der Waals surface area contributed by atoms with E-state index in [9.17, 15) is 5.11 Å². The lowest BCUT2D eigenvalue weighted by Gasteiger charge is -2.13. The van der Waals surface area contributed by atoms with E-state index in [2.05, 4.69) is 6.58 Å². The molecule has 0 bridgehead atoms. The smallest absolute Gasteiger partial charge is 0.119 e. The van der Waals surface area contributed by atoms with Crippen molar-refractivity contribution in [3.63, 3.8) is 0 Å². The van der Waals surface area contributed by atoms with Gasteiger partial charge in [0.05, 0.1) is 0 Å². The third-order valence-corrected chi connectivity index (χ3v) is 1.50. The molecular weight excluding hydrogens is 142 g/mol. The minimum Gasteiger partial charge on any atom is -0.510 e. The highest BCUT2D eigenvalue weighted by Gasteiger charge is 2.14. The van der Waals surface area contributed by atoms with Crippen LogP contribution in [-0.4, -0.2) is 22.9 Å². The third kappa shape index (κ3) is 3.20. The van der Waals surface area contributed by atoms with Gasteiger partial charge in [0.25, 0.3) is 0 Å². The van der Waals surface area contributed by atoms with Crippen molar-refractivity contribution in [3.05, 3.63) is 24.5 Å². The summed E-state index contributed by atoms with van der Waals surface area (Å²) in [6.07, 6.45) is 2.08. The Morgan fingerprint density at radius 2 is 2.27 bits per heavy atom. The lowest BCUT2D eigenvalue weighted by molar-refractivity contribution is 0.121. The van der Waals surface area contributed by atoms with Crippen LogP contribution in [0.15, 0.2) is 24.5 Å². The molecule has 0 amide bonds. The fraction of sp³-hybridized carbons (Fsp3) is 0.500. The van der Waals surface area contributed by atoms with E-state index in [1.807, 2.05) is 0 Å². The van der Waals surface area contributed by atoms with Crippen LogP contribution >= 0.6 is 0 Å². The molecule has 0 radical (unpaired) electrons. The highest BCUT2D eigenvalue weighted by Crippen LogP contribution is 2.10. The van der Waals surface area contributed by atoms with E-state index < -0.39 is 6.10 Å². The summed E-state index contributed by atoms with van der Waals surface area (Å²) in [5, 5.41) is 18.4. The maximum absolute atomic E-state index is 9.27. The number of hydrogen-bond donors (Lipinski definition) is 3. The van der Waals surface area contributed by atoms with Crippen LogP contribution in [0.25, 0.3) is 0 Å². The molecule has 0 aromatic carbocycles. The van der Waals surface area contributed by atoms with E-state index in [0.717, 1.165) is 0 Å². The highest BCUT2D eigenvalue weighted by molar-refractivity contribution is 5.03. The minimum absolute atomic E-state index is 0.0834. The largest absolute Gasteiger partial charge is 0.510 e. The Morgan fingerprint density at radius 3 is 2.64 bits per heavy atom.